The van der Waals surface area contributed by atoms with Gasteiger partial charge in [-0.25, -0.2) is 0 Å². The highest BCUT2D eigenvalue weighted by Crippen LogP contribution is 2.50. The summed E-state index contributed by atoms with van der Waals surface area (Å²) in [5.74, 6) is 0. The Labute approximate surface area is 229 Å². The van der Waals surface area contributed by atoms with Crippen molar-refractivity contribution >= 4 is 21.8 Å². The molecule has 0 saturated heterocycles. The van der Waals surface area contributed by atoms with E-state index in [1.807, 2.05) is 0 Å². The van der Waals surface area contributed by atoms with Crippen LogP contribution in [0.2, 0.25) is 0 Å². The third-order valence-electron chi connectivity index (χ3n) is 9.63. The predicted octanol–water partition coefficient (Wildman–Crippen LogP) is 6.06. The normalized spacial score (nSPS) is 15.2. The van der Waals surface area contributed by atoms with Crippen LogP contribution in [0.15, 0.2) is 84.9 Å². The van der Waals surface area contributed by atoms with Crippen molar-refractivity contribution in [2.75, 3.05) is 0 Å². The van der Waals surface area contributed by atoms with Gasteiger partial charge in [-0.05, 0) is 42.3 Å². The van der Waals surface area contributed by atoms with E-state index in [9.17, 15) is 0 Å². The third kappa shape index (κ3) is 3.06. The first-order chi connectivity index (χ1) is 19.0. The van der Waals surface area contributed by atoms with Gasteiger partial charge in [0.25, 0.3) is 0 Å². The molecule has 1 spiro atoms. The summed E-state index contributed by atoms with van der Waals surface area (Å²) < 4.78 is 9.89. The van der Waals surface area contributed by atoms with Crippen molar-refractivity contribution in [1.82, 2.24) is 9.13 Å². The van der Waals surface area contributed by atoms with E-state index in [0.717, 1.165) is 12.8 Å². The van der Waals surface area contributed by atoms with Gasteiger partial charge in [0.1, 0.15) is 24.9 Å². The van der Waals surface area contributed by atoms with Gasteiger partial charge in [-0.2, -0.15) is 9.13 Å². The number of rotatable bonds is 3. The number of para-hydroxylation sites is 2. The maximum absolute atomic E-state index is 2.71. The molecule has 5 heterocycles. The maximum atomic E-state index is 2.71. The van der Waals surface area contributed by atoms with Crippen molar-refractivity contribution in [1.29, 1.82) is 0 Å². The van der Waals surface area contributed by atoms with Crippen molar-refractivity contribution in [2.24, 2.45) is 21.1 Å². The van der Waals surface area contributed by atoms with Gasteiger partial charge < -0.3 is 9.13 Å². The van der Waals surface area contributed by atoms with Crippen LogP contribution in [0.3, 0.4) is 0 Å². The third-order valence-corrected chi connectivity index (χ3v) is 9.63. The molecule has 8 rings (SSSR count). The molecular formula is C35H34N4+2. The SMILES string of the molecule is Cc1c(-c2cccc(Cc3cccc4[n+]3C3(CC3)Cc3c-4n(C)c4ccccc34)[n+]2C)n(C)c2ccccc12. The van der Waals surface area contributed by atoms with Crippen molar-refractivity contribution in [3.8, 4) is 22.8 Å². The molecule has 0 bridgehead atoms. The van der Waals surface area contributed by atoms with Gasteiger partial charge in [-0.15, -0.1) is 0 Å². The Hall–Kier alpha value is -4.18. The fourth-order valence-corrected chi connectivity index (χ4v) is 7.54. The molecule has 0 unspecified atom stereocenters. The van der Waals surface area contributed by atoms with Crippen molar-refractivity contribution in [2.45, 2.75) is 38.1 Å². The van der Waals surface area contributed by atoms with Gasteiger partial charge in [-0.3, -0.25) is 0 Å². The van der Waals surface area contributed by atoms with Crippen LogP contribution in [0.1, 0.15) is 35.4 Å². The van der Waals surface area contributed by atoms with E-state index >= 15 is 0 Å². The van der Waals surface area contributed by atoms with E-state index < -0.39 is 0 Å². The molecule has 0 radical (unpaired) electrons. The number of nitrogens with zero attached hydrogens (tertiary/aromatic N) is 4. The van der Waals surface area contributed by atoms with Crippen LogP contribution < -0.4 is 9.13 Å². The van der Waals surface area contributed by atoms with Crippen LogP contribution in [0.5, 0.6) is 0 Å². The van der Waals surface area contributed by atoms with Gasteiger partial charge >= 0.3 is 0 Å². The Bertz CT molecular complexity index is 1930. The van der Waals surface area contributed by atoms with E-state index in [1.165, 1.54) is 79.9 Å². The van der Waals surface area contributed by atoms with Gasteiger partial charge in [0.2, 0.25) is 11.4 Å². The molecule has 2 aromatic carbocycles. The molecular weight excluding hydrogens is 476 g/mol. The summed E-state index contributed by atoms with van der Waals surface area (Å²) >= 11 is 0. The molecule has 4 nitrogen and oxygen atoms in total. The molecule has 192 valence electrons. The van der Waals surface area contributed by atoms with E-state index in [-0.39, 0.29) is 5.54 Å². The van der Waals surface area contributed by atoms with Crippen molar-refractivity contribution in [3.63, 3.8) is 0 Å². The zero-order valence-electron chi connectivity index (χ0n) is 23.2. The van der Waals surface area contributed by atoms with Gasteiger partial charge in [0.05, 0.1) is 0 Å². The molecule has 1 aliphatic heterocycles. The van der Waals surface area contributed by atoms with E-state index in [1.54, 1.807) is 0 Å². The second kappa shape index (κ2) is 7.92. The average Bonchev–Trinajstić information content (AvgIpc) is 3.60. The molecule has 6 aromatic rings. The van der Waals surface area contributed by atoms with Crippen molar-refractivity contribution in [3.05, 3.63) is 107 Å². The lowest BCUT2D eigenvalue weighted by Crippen LogP contribution is -2.55. The molecule has 4 heteroatoms. The Morgan fingerprint density at radius 2 is 1.31 bits per heavy atom. The number of hydrogen-bond donors (Lipinski definition) is 0. The summed E-state index contributed by atoms with van der Waals surface area (Å²) in [4.78, 5) is 0. The zero-order valence-corrected chi connectivity index (χ0v) is 23.2. The van der Waals surface area contributed by atoms with Crippen LogP contribution in [0.25, 0.3) is 44.6 Å². The molecule has 0 atom stereocenters. The molecule has 0 amide bonds. The quantitative estimate of drug-likeness (QED) is 0.258. The molecule has 39 heavy (non-hydrogen) atoms. The number of hydrogen-bond acceptors (Lipinski definition) is 0. The van der Waals surface area contributed by atoms with Crippen molar-refractivity contribution < 1.29 is 9.13 Å². The van der Waals surface area contributed by atoms with Gasteiger partial charge in [-0.1, -0.05) is 36.4 Å². The van der Waals surface area contributed by atoms with Crippen LogP contribution >= 0.6 is 0 Å². The standard InChI is InChI=1S/C35H34N4/c1-23-26-13-5-7-15-29(26)37(3)33(23)31-17-9-11-24(36(31)2)21-25-12-10-18-32-34-28(22-35(19-20-35)39(25)32)27-14-6-8-16-30(27)38(34)4/h5-18H,19-22H2,1-4H3/q+2. The minimum Gasteiger partial charge on any atom is -0.338 e. The number of benzene rings is 2. The molecule has 4 aromatic heterocycles. The summed E-state index contributed by atoms with van der Waals surface area (Å²) in [5.41, 5.74) is 13.7. The smallest absolute Gasteiger partial charge is 0.230 e. The Kier molecular flexibility index (Phi) is 4.62. The second-order valence-electron chi connectivity index (χ2n) is 11.7. The largest absolute Gasteiger partial charge is 0.338 e. The highest BCUT2D eigenvalue weighted by atomic mass is 15.2. The summed E-state index contributed by atoms with van der Waals surface area (Å²) in [6.45, 7) is 2.26. The molecule has 0 N–H and O–H groups in total. The summed E-state index contributed by atoms with van der Waals surface area (Å²) in [7, 11) is 6.66. The van der Waals surface area contributed by atoms with E-state index in [0.29, 0.717) is 0 Å². The molecule has 2 aliphatic rings. The summed E-state index contributed by atoms with van der Waals surface area (Å²) in [6.07, 6.45) is 4.54. The minimum atomic E-state index is 0.214. The summed E-state index contributed by atoms with van der Waals surface area (Å²) in [6, 6.07) is 31.4. The number of aryl methyl sites for hydroxylation is 3. The summed E-state index contributed by atoms with van der Waals surface area (Å²) in [5, 5.41) is 2.75. The second-order valence-corrected chi connectivity index (χ2v) is 11.7. The van der Waals surface area contributed by atoms with Gasteiger partial charge in [0.15, 0.2) is 16.9 Å². The maximum Gasteiger partial charge on any atom is 0.230 e. The van der Waals surface area contributed by atoms with Crippen LogP contribution in [-0.4, -0.2) is 9.13 Å². The first-order valence-corrected chi connectivity index (χ1v) is 14.1. The monoisotopic (exact) mass is 510 g/mol. The minimum absolute atomic E-state index is 0.214. The average molecular weight is 511 g/mol. The lowest BCUT2D eigenvalue weighted by Gasteiger charge is -2.23. The topological polar surface area (TPSA) is 17.6 Å². The lowest BCUT2D eigenvalue weighted by atomic mass is 9.93. The first kappa shape index (κ1) is 22.8. The zero-order chi connectivity index (χ0) is 26.5. The fourth-order valence-electron chi connectivity index (χ4n) is 7.54. The van der Waals surface area contributed by atoms with E-state index in [4.69, 9.17) is 0 Å². The first-order valence-electron chi connectivity index (χ1n) is 14.1. The number of pyridine rings is 2. The van der Waals surface area contributed by atoms with Crippen LogP contribution in [0, 0.1) is 6.92 Å². The van der Waals surface area contributed by atoms with E-state index in [2.05, 4.69) is 131 Å². The molecule has 1 aliphatic carbocycles. The molecule has 1 saturated carbocycles. The Morgan fingerprint density at radius 1 is 0.692 bits per heavy atom. The molecule has 1 fully saturated rings. The number of fused-ring (bicyclic) bond motifs is 7. The Morgan fingerprint density at radius 3 is 2.03 bits per heavy atom. The van der Waals surface area contributed by atoms with Gasteiger partial charge in [0, 0.05) is 79.4 Å². The highest BCUT2D eigenvalue weighted by Gasteiger charge is 2.58. The van der Waals surface area contributed by atoms with Crippen LogP contribution in [-0.2, 0) is 39.5 Å². The Balaban J connectivity index is 1.28. The van der Waals surface area contributed by atoms with Crippen LogP contribution in [0.4, 0.5) is 0 Å². The lowest BCUT2D eigenvalue weighted by molar-refractivity contribution is -0.739. The highest BCUT2D eigenvalue weighted by molar-refractivity contribution is 5.92. The number of aromatic nitrogens is 4. The fraction of sp³-hybridized carbons (Fsp3) is 0.257. The predicted molar refractivity (Wildman–Crippen MR) is 157 cm³/mol.